The highest BCUT2D eigenvalue weighted by molar-refractivity contribution is 7.20. The summed E-state index contributed by atoms with van der Waals surface area (Å²) in [6, 6.07) is 10.2. The van der Waals surface area contributed by atoms with Gasteiger partial charge >= 0.3 is 0 Å². The van der Waals surface area contributed by atoms with Crippen molar-refractivity contribution in [2.24, 2.45) is 0 Å². The fraction of sp³-hybridized carbons (Fsp3) is 0.421. The van der Waals surface area contributed by atoms with Crippen LogP contribution in [0.4, 0.5) is 0 Å². The minimum atomic E-state index is -0.0520. The van der Waals surface area contributed by atoms with Crippen molar-refractivity contribution >= 4 is 27.3 Å². The number of rotatable bonds is 4. The molecule has 2 aliphatic rings. The lowest BCUT2D eigenvalue weighted by Crippen LogP contribution is -2.46. The molecular formula is C19H21NO3S. The van der Waals surface area contributed by atoms with Crippen molar-refractivity contribution in [3.63, 3.8) is 0 Å². The van der Waals surface area contributed by atoms with Crippen molar-refractivity contribution in [2.75, 3.05) is 19.8 Å². The third kappa shape index (κ3) is 2.77. The number of benzene rings is 1. The van der Waals surface area contributed by atoms with Gasteiger partial charge in [-0.05, 0) is 30.4 Å². The molecule has 24 heavy (non-hydrogen) atoms. The molecule has 4 rings (SSSR count). The number of carbonyl (C=O) groups excluding carboxylic acids is 1. The van der Waals surface area contributed by atoms with E-state index in [4.69, 9.17) is 9.47 Å². The molecule has 2 bridgehead atoms. The molecule has 1 amide bonds. The van der Waals surface area contributed by atoms with Crippen molar-refractivity contribution in [3.05, 3.63) is 47.9 Å². The van der Waals surface area contributed by atoms with E-state index in [9.17, 15) is 4.79 Å². The Morgan fingerprint density at radius 1 is 1.42 bits per heavy atom. The minimum Gasteiger partial charge on any atom is -0.374 e. The maximum Gasteiger partial charge on any atom is 0.264 e. The molecule has 126 valence electrons. The predicted octanol–water partition coefficient (Wildman–Crippen LogP) is 3.48. The molecular weight excluding hydrogens is 322 g/mol. The van der Waals surface area contributed by atoms with E-state index < -0.39 is 0 Å². The summed E-state index contributed by atoms with van der Waals surface area (Å²) in [4.78, 5) is 15.9. The van der Waals surface area contributed by atoms with Gasteiger partial charge in [0.2, 0.25) is 0 Å². The Morgan fingerprint density at radius 3 is 3.12 bits per heavy atom. The minimum absolute atomic E-state index is 0.0520. The van der Waals surface area contributed by atoms with Gasteiger partial charge in [-0.2, -0.15) is 0 Å². The molecule has 0 N–H and O–H groups in total. The molecule has 0 spiro atoms. The van der Waals surface area contributed by atoms with E-state index in [0.717, 1.165) is 27.8 Å². The first kappa shape index (κ1) is 15.8. The zero-order valence-corrected chi connectivity index (χ0v) is 14.3. The van der Waals surface area contributed by atoms with Crippen molar-refractivity contribution in [3.8, 4) is 0 Å². The first-order valence-electron chi connectivity index (χ1n) is 8.41. The highest BCUT2D eigenvalue weighted by Crippen LogP contribution is 2.34. The Kier molecular flexibility index (Phi) is 4.39. The summed E-state index contributed by atoms with van der Waals surface area (Å²) in [5.74, 6) is 0.0968. The molecule has 1 saturated heterocycles. The summed E-state index contributed by atoms with van der Waals surface area (Å²) in [7, 11) is 0. The number of hydrogen-bond acceptors (Lipinski definition) is 4. The van der Waals surface area contributed by atoms with Gasteiger partial charge in [-0.3, -0.25) is 4.79 Å². The van der Waals surface area contributed by atoms with Gasteiger partial charge in [0.1, 0.15) is 6.10 Å². The Hall–Kier alpha value is -1.69. The Labute approximate surface area is 145 Å². The highest BCUT2D eigenvalue weighted by atomic mass is 32.1. The number of fused-ring (bicyclic) bond motifs is 3. The van der Waals surface area contributed by atoms with Gasteiger partial charge < -0.3 is 14.4 Å². The average Bonchev–Trinajstić information content (AvgIpc) is 3.13. The van der Waals surface area contributed by atoms with Crippen LogP contribution in [0.5, 0.6) is 0 Å². The van der Waals surface area contributed by atoms with E-state index in [2.05, 4.69) is 18.7 Å². The van der Waals surface area contributed by atoms with E-state index >= 15 is 0 Å². The number of amides is 1. The summed E-state index contributed by atoms with van der Waals surface area (Å²) in [5.41, 5.74) is 0. The fourth-order valence-electron chi connectivity index (χ4n) is 3.77. The monoisotopic (exact) mass is 343 g/mol. The first-order chi connectivity index (χ1) is 11.8. The maximum absolute atomic E-state index is 13.1. The maximum atomic E-state index is 13.1. The molecule has 2 aromatic rings. The molecule has 0 radical (unpaired) electrons. The standard InChI is InChI=1S/C19H21NO3S/c1-2-10-23-18-14-7-8-15(18)22-11-9-20(14)19(21)17-12-13-5-3-4-6-16(13)24-17/h2-6,12,14-15,18H,1,7-11H2/t14-,15-,18+/m1/s1. The van der Waals surface area contributed by atoms with E-state index in [1.54, 1.807) is 17.4 Å². The Balaban J connectivity index is 1.61. The molecule has 3 atom stereocenters. The molecule has 4 nitrogen and oxygen atoms in total. The highest BCUT2D eigenvalue weighted by Gasteiger charge is 2.44. The third-order valence-electron chi connectivity index (χ3n) is 4.86. The molecule has 1 aliphatic heterocycles. The predicted molar refractivity (Wildman–Crippen MR) is 95.6 cm³/mol. The third-order valence-corrected chi connectivity index (χ3v) is 5.96. The lowest BCUT2D eigenvalue weighted by Gasteiger charge is -2.30. The molecule has 1 aromatic carbocycles. The lowest BCUT2D eigenvalue weighted by atomic mass is 10.1. The van der Waals surface area contributed by atoms with Gasteiger partial charge in [-0.25, -0.2) is 0 Å². The molecule has 1 saturated carbocycles. The molecule has 5 heteroatoms. The van der Waals surface area contributed by atoms with Gasteiger partial charge in [0.15, 0.2) is 0 Å². The summed E-state index contributed by atoms with van der Waals surface area (Å²) >= 11 is 1.56. The molecule has 2 fully saturated rings. The summed E-state index contributed by atoms with van der Waals surface area (Å²) in [6.45, 7) is 5.41. The topological polar surface area (TPSA) is 38.8 Å². The summed E-state index contributed by atoms with van der Waals surface area (Å²) in [5, 5.41) is 1.13. The SMILES string of the molecule is C=CCO[C@H]1[C@H]2CC[C@H]1OCCN2C(=O)c1cc2ccccc2s1. The van der Waals surface area contributed by atoms with Crippen LogP contribution in [0.2, 0.25) is 0 Å². The van der Waals surface area contributed by atoms with Crippen LogP contribution >= 0.6 is 11.3 Å². The van der Waals surface area contributed by atoms with Crippen LogP contribution in [0.15, 0.2) is 43.0 Å². The summed E-state index contributed by atoms with van der Waals surface area (Å²) < 4.78 is 13.0. The molecule has 0 unspecified atom stereocenters. The van der Waals surface area contributed by atoms with Gasteiger partial charge in [-0.15, -0.1) is 17.9 Å². The van der Waals surface area contributed by atoms with Gasteiger partial charge in [-0.1, -0.05) is 24.3 Å². The van der Waals surface area contributed by atoms with Crippen molar-refractivity contribution in [1.82, 2.24) is 4.90 Å². The van der Waals surface area contributed by atoms with Crippen LogP contribution in [0.3, 0.4) is 0 Å². The molecule has 1 aromatic heterocycles. The van der Waals surface area contributed by atoms with Crippen LogP contribution < -0.4 is 0 Å². The van der Waals surface area contributed by atoms with Gasteiger partial charge in [0.05, 0.1) is 30.2 Å². The largest absolute Gasteiger partial charge is 0.374 e. The van der Waals surface area contributed by atoms with Crippen molar-refractivity contribution < 1.29 is 14.3 Å². The number of carbonyl (C=O) groups is 1. The second-order valence-corrected chi connectivity index (χ2v) is 7.37. The average molecular weight is 343 g/mol. The number of thiophene rings is 1. The number of hydrogen-bond donors (Lipinski definition) is 0. The van der Waals surface area contributed by atoms with Crippen molar-refractivity contribution in [1.29, 1.82) is 0 Å². The van der Waals surface area contributed by atoms with Crippen LogP contribution in [-0.2, 0) is 9.47 Å². The first-order valence-corrected chi connectivity index (χ1v) is 9.23. The van der Waals surface area contributed by atoms with Gasteiger partial charge in [0, 0.05) is 11.2 Å². The van der Waals surface area contributed by atoms with E-state index in [1.807, 2.05) is 23.1 Å². The van der Waals surface area contributed by atoms with Crippen LogP contribution in [-0.4, -0.2) is 48.8 Å². The van der Waals surface area contributed by atoms with E-state index in [-0.39, 0.29) is 24.2 Å². The molecule has 1 aliphatic carbocycles. The second kappa shape index (κ2) is 6.67. The number of ether oxygens (including phenoxy) is 2. The van der Waals surface area contributed by atoms with Crippen LogP contribution in [0.25, 0.3) is 10.1 Å². The molecule has 2 heterocycles. The van der Waals surface area contributed by atoms with Crippen LogP contribution in [0.1, 0.15) is 22.5 Å². The van der Waals surface area contributed by atoms with Crippen molar-refractivity contribution in [2.45, 2.75) is 31.1 Å². The van der Waals surface area contributed by atoms with E-state index in [0.29, 0.717) is 19.8 Å². The Morgan fingerprint density at radius 2 is 2.29 bits per heavy atom. The normalized spacial score (nSPS) is 26.5. The zero-order valence-electron chi connectivity index (χ0n) is 13.5. The van der Waals surface area contributed by atoms with E-state index in [1.165, 1.54) is 0 Å². The Bertz CT molecular complexity index is 723. The lowest BCUT2D eigenvalue weighted by molar-refractivity contribution is -0.0434. The van der Waals surface area contributed by atoms with Crippen LogP contribution in [0, 0.1) is 0 Å². The second-order valence-electron chi connectivity index (χ2n) is 6.29. The van der Waals surface area contributed by atoms with Gasteiger partial charge in [0.25, 0.3) is 5.91 Å². The fourth-order valence-corrected chi connectivity index (χ4v) is 4.79. The number of nitrogens with zero attached hydrogens (tertiary/aromatic N) is 1. The zero-order chi connectivity index (χ0) is 16.5. The smallest absolute Gasteiger partial charge is 0.264 e. The quantitative estimate of drug-likeness (QED) is 0.798. The summed E-state index contributed by atoms with van der Waals surface area (Å²) in [6.07, 6.45) is 3.67.